The van der Waals surface area contributed by atoms with Crippen LogP contribution in [0.15, 0.2) is 54.2 Å². The molecule has 3 aromatic rings. The maximum absolute atomic E-state index is 12.9. The van der Waals surface area contributed by atoms with Crippen molar-refractivity contribution in [2.24, 2.45) is 0 Å². The van der Waals surface area contributed by atoms with Gasteiger partial charge in [-0.05, 0) is 38.3 Å². The number of rotatable bonds is 10. The molecule has 8 nitrogen and oxygen atoms in total. The summed E-state index contributed by atoms with van der Waals surface area (Å²) in [5.74, 6) is -0.229. The highest BCUT2D eigenvalue weighted by Crippen LogP contribution is 2.24. The van der Waals surface area contributed by atoms with Crippen LogP contribution in [0, 0.1) is 0 Å². The number of aromatic nitrogens is 2. The van der Waals surface area contributed by atoms with Gasteiger partial charge in [0.15, 0.2) is 5.13 Å². The number of carbonyl (C=O) groups excluding carboxylic acids is 2. The van der Waals surface area contributed by atoms with Gasteiger partial charge in [-0.1, -0.05) is 30.3 Å². The number of thiazole rings is 1. The highest BCUT2D eigenvalue weighted by atomic mass is 32.2. The van der Waals surface area contributed by atoms with Gasteiger partial charge in [-0.15, -0.1) is 11.3 Å². The van der Waals surface area contributed by atoms with Crippen molar-refractivity contribution < 1.29 is 18.0 Å². The van der Waals surface area contributed by atoms with Gasteiger partial charge < -0.3 is 10.6 Å². The first-order valence-corrected chi connectivity index (χ1v) is 14.0. The second kappa shape index (κ2) is 11.0. The van der Waals surface area contributed by atoms with Crippen molar-refractivity contribution in [2.45, 2.75) is 31.6 Å². The number of thioether (sulfide) groups is 1. The van der Waals surface area contributed by atoms with E-state index in [9.17, 15) is 18.0 Å². The molecule has 1 aromatic carbocycles. The number of benzene rings is 1. The first-order chi connectivity index (χ1) is 15.7. The Morgan fingerprint density at radius 1 is 1.18 bits per heavy atom. The van der Waals surface area contributed by atoms with Gasteiger partial charge in [0.1, 0.15) is 6.04 Å². The first-order valence-electron chi connectivity index (χ1n) is 10.3. The molecule has 3 rings (SSSR count). The highest BCUT2D eigenvalue weighted by Gasteiger charge is 2.24. The Balaban J connectivity index is 1.71. The fraction of sp³-hybridized carbons (Fsp3) is 0.318. The summed E-state index contributed by atoms with van der Waals surface area (Å²) >= 11 is 2.87. The van der Waals surface area contributed by atoms with E-state index in [4.69, 9.17) is 0 Å². The van der Waals surface area contributed by atoms with E-state index in [2.05, 4.69) is 15.6 Å². The topological polar surface area (TPSA) is 110 Å². The lowest BCUT2D eigenvalue weighted by Crippen LogP contribution is -2.44. The standard InChI is InChI=1S/C22H26N4O4S3/c1-15(2)33(29,30)26-11-9-17(13-26)20(27)23-18(10-12-31-3)21(28)25-22-24-19(14-32-22)16-7-5-4-6-8-16/h4-9,11,13-15,18H,10,12H2,1-3H3,(H,23,27)(H,24,25,28)/t18-/m0/s1. The Hall–Kier alpha value is -2.63. The number of amides is 2. The van der Waals surface area contributed by atoms with Gasteiger partial charge in [-0.3, -0.25) is 13.6 Å². The molecule has 0 aliphatic heterocycles. The van der Waals surface area contributed by atoms with Gasteiger partial charge in [-0.25, -0.2) is 13.4 Å². The van der Waals surface area contributed by atoms with Gasteiger partial charge in [0, 0.05) is 23.3 Å². The molecule has 0 unspecified atom stereocenters. The molecular formula is C22H26N4O4S3. The normalized spacial score (nSPS) is 12.5. The second-order valence-corrected chi connectivity index (χ2v) is 11.8. The van der Waals surface area contributed by atoms with Crippen molar-refractivity contribution in [1.82, 2.24) is 14.3 Å². The summed E-state index contributed by atoms with van der Waals surface area (Å²) in [6, 6.07) is 10.3. The van der Waals surface area contributed by atoms with Gasteiger partial charge >= 0.3 is 0 Å². The largest absolute Gasteiger partial charge is 0.340 e. The van der Waals surface area contributed by atoms with Crippen molar-refractivity contribution in [3.8, 4) is 11.3 Å². The molecule has 176 valence electrons. The lowest BCUT2D eigenvalue weighted by atomic mass is 10.2. The molecule has 2 N–H and O–H groups in total. The SMILES string of the molecule is CSCC[C@H](NC(=O)c1ccn(S(=O)(=O)C(C)C)c1)C(=O)Nc1nc(-c2ccccc2)cs1. The van der Waals surface area contributed by atoms with E-state index in [0.717, 1.165) is 15.2 Å². The zero-order valence-electron chi connectivity index (χ0n) is 18.5. The van der Waals surface area contributed by atoms with E-state index >= 15 is 0 Å². The van der Waals surface area contributed by atoms with Crippen molar-refractivity contribution in [3.63, 3.8) is 0 Å². The van der Waals surface area contributed by atoms with Crippen LogP contribution in [0.25, 0.3) is 11.3 Å². The fourth-order valence-electron chi connectivity index (χ4n) is 2.92. The predicted octanol–water partition coefficient (Wildman–Crippen LogP) is 3.69. The molecule has 2 heterocycles. The third-order valence-electron chi connectivity index (χ3n) is 4.86. The summed E-state index contributed by atoms with van der Waals surface area (Å²) in [5.41, 5.74) is 1.87. The minimum atomic E-state index is -3.56. The van der Waals surface area contributed by atoms with Gasteiger partial charge in [-0.2, -0.15) is 11.8 Å². The Morgan fingerprint density at radius 3 is 2.58 bits per heavy atom. The molecule has 0 spiro atoms. The molecule has 0 fully saturated rings. The molecule has 2 amide bonds. The van der Waals surface area contributed by atoms with Gasteiger partial charge in [0.25, 0.3) is 5.91 Å². The second-order valence-electron chi connectivity index (χ2n) is 7.52. The summed E-state index contributed by atoms with van der Waals surface area (Å²) in [7, 11) is -3.56. The van der Waals surface area contributed by atoms with E-state index in [1.54, 1.807) is 25.6 Å². The van der Waals surface area contributed by atoms with Crippen LogP contribution >= 0.6 is 23.1 Å². The summed E-state index contributed by atoms with van der Waals surface area (Å²) in [6.07, 6.45) is 4.93. The Bertz CT molecular complexity index is 1200. The molecule has 1 atom stereocenters. The van der Waals surface area contributed by atoms with E-state index < -0.39 is 27.2 Å². The van der Waals surface area contributed by atoms with Crippen LogP contribution in [0.1, 0.15) is 30.6 Å². The van der Waals surface area contributed by atoms with Crippen LogP contribution in [-0.2, 0) is 14.8 Å². The van der Waals surface area contributed by atoms with E-state index in [0.29, 0.717) is 17.3 Å². The summed E-state index contributed by atoms with van der Waals surface area (Å²) in [4.78, 5) is 30.1. The molecule has 0 radical (unpaired) electrons. The van der Waals surface area contributed by atoms with E-state index in [-0.39, 0.29) is 11.5 Å². The summed E-state index contributed by atoms with van der Waals surface area (Å²) in [6.45, 7) is 3.14. The average Bonchev–Trinajstić information content (AvgIpc) is 3.47. The first kappa shape index (κ1) is 25.0. The Morgan fingerprint density at radius 2 is 1.91 bits per heavy atom. The number of nitrogens with zero attached hydrogens (tertiary/aromatic N) is 2. The number of carbonyl (C=O) groups is 2. The van der Waals surface area contributed by atoms with Gasteiger partial charge in [0.05, 0.1) is 16.5 Å². The maximum atomic E-state index is 12.9. The van der Waals surface area contributed by atoms with E-state index in [1.807, 2.05) is 42.0 Å². The van der Waals surface area contributed by atoms with Gasteiger partial charge in [0.2, 0.25) is 15.9 Å². The zero-order chi connectivity index (χ0) is 24.0. The smallest absolute Gasteiger partial charge is 0.253 e. The minimum absolute atomic E-state index is 0.168. The molecule has 0 bridgehead atoms. The van der Waals surface area contributed by atoms with E-state index in [1.165, 1.54) is 29.8 Å². The number of nitrogens with one attached hydrogen (secondary N) is 2. The van der Waals surface area contributed by atoms with Crippen LogP contribution in [0.2, 0.25) is 0 Å². The monoisotopic (exact) mass is 506 g/mol. The fourth-order valence-corrected chi connectivity index (χ4v) is 5.10. The van der Waals surface area contributed by atoms with Crippen molar-refractivity contribution in [2.75, 3.05) is 17.3 Å². The molecular weight excluding hydrogens is 480 g/mol. The molecule has 33 heavy (non-hydrogen) atoms. The Labute approximate surface area is 201 Å². The summed E-state index contributed by atoms with van der Waals surface area (Å²) in [5, 5.41) is 7.19. The lowest BCUT2D eigenvalue weighted by molar-refractivity contribution is -0.118. The molecule has 0 aliphatic rings. The number of anilines is 1. The minimum Gasteiger partial charge on any atom is -0.340 e. The third-order valence-corrected chi connectivity index (χ3v) is 8.26. The van der Waals surface area contributed by atoms with Crippen LogP contribution in [-0.4, -0.2) is 52.5 Å². The molecule has 2 aromatic heterocycles. The van der Waals surface area contributed by atoms with Crippen LogP contribution in [0.4, 0.5) is 5.13 Å². The zero-order valence-corrected chi connectivity index (χ0v) is 21.0. The predicted molar refractivity (Wildman–Crippen MR) is 134 cm³/mol. The lowest BCUT2D eigenvalue weighted by Gasteiger charge is -2.17. The van der Waals surface area contributed by atoms with Crippen LogP contribution in [0.3, 0.4) is 0 Å². The molecule has 0 aliphatic carbocycles. The third kappa shape index (κ3) is 6.24. The average molecular weight is 507 g/mol. The van der Waals surface area contributed by atoms with Crippen molar-refractivity contribution in [1.29, 1.82) is 0 Å². The summed E-state index contributed by atoms with van der Waals surface area (Å²) < 4.78 is 25.6. The maximum Gasteiger partial charge on any atom is 0.253 e. The quantitative estimate of drug-likeness (QED) is 0.434. The number of hydrogen-bond acceptors (Lipinski definition) is 7. The molecule has 0 saturated heterocycles. The van der Waals surface area contributed by atoms with Crippen molar-refractivity contribution >= 4 is 50.1 Å². The van der Waals surface area contributed by atoms with Crippen LogP contribution < -0.4 is 10.6 Å². The molecule has 0 saturated carbocycles. The Kier molecular flexibility index (Phi) is 8.33. The number of hydrogen-bond donors (Lipinski definition) is 2. The molecule has 11 heteroatoms. The van der Waals surface area contributed by atoms with Crippen LogP contribution in [0.5, 0.6) is 0 Å². The van der Waals surface area contributed by atoms with Crippen molar-refractivity contribution in [3.05, 3.63) is 59.7 Å². The highest BCUT2D eigenvalue weighted by molar-refractivity contribution is 7.98.